The zero-order valence-corrected chi connectivity index (χ0v) is 23.3. The van der Waals surface area contributed by atoms with E-state index in [-0.39, 0.29) is 0 Å². The lowest BCUT2D eigenvalue weighted by atomic mass is 9.88. The number of nitrogens with zero attached hydrogens (tertiary/aromatic N) is 2. The Morgan fingerprint density at radius 2 is 1.07 bits per heavy atom. The molecule has 198 valence electrons. The molecule has 9 aromatic rings. The second-order valence-electron chi connectivity index (χ2n) is 11.5. The van der Waals surface area contributed by atoms with Crippen molar-refractivity contribution in [2.75, 3.05) is 0 Å². The normalized spacial score (nSPS) is 12.2. The highest BCUT2D eigenvalue weighted by molar-refractivity contribution is 6.29. The third-order valence-electron chi connectivity index (χ3n) is 9.35. The molecule has 0 N–H and O–H groups in total. The van der Waals surface area contributed by atoms with Crippen molar-refractivity contribution in [1.29, 1.82) is 0 Å². The van der Waals surface area contributed by atoms with Crippen molar-refractivity contribution in [3.63, 3.8) is 0 Å². The van der Waals surface area contributed by atoms with Crippen LogP contribution < -0.4 is 0 Å². The number of hydrogen-bond donors (Lipinski definition) is 0. The van der Waals surface area contributed by atoms with Crippen LogP contribution in [-0.2, 0) is 0 Å². The first kappa shape index (κ1) is 22.9. The fourth-order valence-electron chi connectivity index (χ4n) is 7.59. The second-order valence-corrected chi connectivity index (χ2v) is 11.5. The van der Waals surface area contributed by atoms with Crippen molar-refractivity contribution in [2.24, 2.45) is 0 Å². The maximum Gasteiger partial charge on any atom is 0.0970 e. The second kappa shape index (κ2) is 8.40. The Labute approximate surface area is 248 Å². The van der Waals surface area contributed by atoms with Crippen molar-refractivity contribution in [1.82, 2.24) is 9.55 Å². The van der Waals surface area contributed by atoms with E-state index in [0.29, 0.717) is 0 Å². The fraction of sp³-hybridized carbons (Fsp3) is 0. The van der Waals surface area contributed by atoms with Gasteiger partial charge in [-0.15, -0.1) is 0 Å². The molecule has 0 aliphatic heterocycles. The van der Waals surface area contributed by atoms with Gasteiger partial charge in [0.2, 0.25) is 0 Å². The van der Waals surface area contributed by atoms with Gasteiger partial charge in [0, 0.05) is 28.0 Å². The third-order valence-corrected chi connectivity index (χ3v) is 9.35. The van der Waals surface area contributed by atoms with Crippen LogP contribution in [0.2, 0.25) is 0 Å². The van der Waals surface area contributed by atoms with Gasteiger partial charge in [-0.2, -0.15) is 0 Å². The quantitative estimate of drug-likeness (QED) is 0.198. The molecule has 0 saturated heterocycles. The van der Waals surface area contributed by atoms with E-state index in [1.54, 1.807) is 0 Å². The topological polar surface area (TPSA) is 17.8 Å². The highest BCUT2D eigenvalue weighted by Gasteiger charge is 2.26. The maximum absolute atomic E-state index is 4.94. The molecule has 0 unspecified atom stereocenters. The minimum Gasteiger partial charge on any atom is -0.307 e. The van der Waals surface area contributed by atoms with Gasteiger partial charge in [-0.3, -0.25) is 4.98 Å². The summed E-state index contributed by atoms with van der Waals surface area (Å²) < 4.78 is 2.38. The minimum atomic E-state index is 1.04. The van der Waals surface area contributed by atoms with Crippen molar-refractivity contribution in [3.8, 4) is 39.1 Å². The molecule has 0 spiro atoms. The molecule has 2 nitrogen and oxygen atoms in total. The average Bonchev–Trinajstić information content (AvgIpc) is 3.60. The molecule has 0 amide bonds. The van der Waals surface area contributed by atoms with E-state index in [4.69, 9.17) is 4.98 Å². The first-order valence-corrected chi connectivity index (χ1v) is 14.8. The lowest BCUT2D eigenvalue weighted by Crippen LogP contribution is -1.95. The molecular formula is C41H24N2. The summed E-state index contributed by atoms with van der Waals surface area (Å²) in [5, 5.41) is 8.81. The first-order chi connectivity index (χ1) is 21.4. The maximum atomic E-state index is 4.94. The van der Waals surface area contributed by atoms with E-state index in [9.17, 15) is 0 Å². The SMILES string of the molecule is c1ccc2c(c1)-c1cccc3c(-c4ccc(-n5c6ccccc6c6ncc7ccccc7c65)cc4)c4ccccc4c-2c13. The van der Waals surface area contributed by atoms with Gasteiger partial charge in [0.1, 0.15) is 0 Å². The molecule has 0 fully saturated rings. The third kappa shape index (κ3) is 2.99. The van der Waals surface area contributed by atoms with Gasteiger partial charge in [0.05, 0.1) is 16.6 Å². The smallest absolute Gasteiger partial charge is 0.0970 e. The van der Waals surface area contributed by atoms with Crippen LogP contribution in [-0.4, -0.2) is 9.55 Å². The lowest BCUT2D eigenvalue weighted by Gasteiger charge is -2.16. The number of pyridine rings is 1. The van der Waals surface area contributed by atoms with Crippen molar-refractivity contribution in [2.45, 2.75) is 0 Å². The van der Waals surface area contributed by atoms with Gasteiger partial charge >= 0.3 is 0 Å². The van der Waals surface area contributed by atoms with Gasteiger partial charge in [-0.05, 0) is 73.1 Å². The first-order valence-electron chi connectivity index (χ1n) is 14.8. The monoisotopic (exact) mass is 544 g/mol. The zero-order chi connectivity index (χ0) is 28.1. The average molecular weight is 545 g/mol. The standard InChI is InChI=1S/C41H24N2/c1-2-11-28-26(10-1)24-42-40-34-16-7-8-19-36(34)43(41(28)40)27-22-20-25(21-23-27)37-32-14-5-6-15-33(32)38-30-13-4-3-12-29(30)31-17-9-18-35(37)39(31)38/h1-24H. The predicted octanol–water partition coefficient (Wildman–Crippen LogP) is 11.0. The Bertz CT molecular complexity index is 2600. The van der Waals surface area contributed by atoms with Crippen LogP contribution in [0.1, 0.15) is 0 Å². The Morgan fingerprint density at radius 1 is 0.442 bits per heavy atom. The molecule has 0 saturated carbocycles. The van der Waals surface area contributed by atoms with Gasteiger partial charge in [-0.1, -0.05) is 121 Å². The minimum absolute atomic E-state index is 1.04. The molecule has 1 aliphatic carbocycles. The van der Waals surface area contributed by atoms with Crippen LogP contribution in [0.5, 0.6) is 0 Å². The molecular weight excluding hydrogens is 520 g/mol. The summed E-state index contributed by atoms with van der Waals surface area (Å²) in [4.78, 5) is 4.94. The number of benzene rings is 7. The zero-order valence-electron chi connectivity index (χ0n) is 23.3. The Balaban J connectivity index is 1.25. The van der Waals surface area contributed by atoms with Crippen LogP contribution >= 0.6 is 0 Å². The lowest BCUT2D eigenvalue weighted by molar-refractivity contribution is 1.18. The molecule has 2 aromatic heterocycles. The summed E-state index contributed by atoms with van der Waals surface area (Å²) in [6, 6.07) is 50.8. The molecule has 10 rings (SSSR count). The van der Waals surface area contributed by atoms with Crippen LogP contribution in [0.15, 0.2) is 146 Å². The van der Waals surface area contributed by atoms with E-state index in [2.05, 4.69) is 144 Å². The van der Waals surface area contributed by atoms with E-state index >= 15 is 0 Å². The van der Waals surface area contributed by atoms with Gasteiger partial charge < -0.3 is 4.57 Å². The molecule has 43 heavy (non-hydrogen) atoms. The predicted molar refractivity (Wildman–Crippen MR) is 181 cm³/mol. The van der Waals surface area contributed by atoms with E-state index in [1.807, 2.05) is 6.20 Å². The number of fused-ring (bicyclic) bond motifs is 10. The van der Waals surface area contributed by atoms with Crippen LogP contribution in [0.25, 0.3) is 93.3 Å². The molecule has 2 heteroatoms. The highest BCUT2D eigenvalue weighted by atomic mass is 15.0. The Morgan fingerprint density at radius 3 is 1.91 bits per heavy atom. The molecule has 1 aliphatic rings. The Kier molecular flexibility index (Phi) is 4.48. The van der Waals surface area contributed by atoms with E-state index in [0.717, 1.165) is 22.1 Å². The molecule has 0 atom stereocenters. The fourth-order valence-corrected chi connectivity index (χ4v) is 7.59. The van der Waals surface area contributed by atoms with Crippen LogP contribution in [0, 0.1) is 0 Å². The van der Waals surface area contributed by atoms with Crippen molar-refractivity contribution in [3.05, 3.63) is 146 Å². The number of aromatic nitrogens is 2. The van der Waals surface area contributed by atoms with Gasteiger partial charge in [0.15, 0.2) is 0 Å². The highest BCUT2D eigenvalue weighted by Crippen LogP contribution is 2.53. The number of hydrogen-bond acceptors (Lipinski definition) is 1. The number of rotatable bonds is 2. The van der Waals surface area contributed by atoms with Crippen molar-refractivity contribution >= 4 is 54.3 Å². The van der Waals surface area contributed by atoms with Crippen LogP contribution in [0.4, 0.5) is 0 Å². The summed E-state index contributed by atoms with van der Waals surface area (Å²) in [6.07, 6.45) is 2.00. The summed E-state index contributed by atoms with van der Waals surface area (Å²) in [5.74, 6) is 0. The van der Waals surface area contributed by atoms with Gasteiger partial charge in [-0.25, -0.2) is 0 Å². The molecule has 0 radical (unpaired) electrons. The summed E-state index contributed by atoms with van der Waals surface area (Å²) in [5.41, 5.74) is 12.4. The van der Waals surface area contributed by atoms with Crippen LogP contribution in [0.3, 0.4) is 0 Å². The molecule has 0 bridgehead atoms. The largest absolute Gasteiger partial charge is 0.307 e. The summed E-state index contributed by atoms with van der Waals surface area (Å²) in [7, 11) is 0. The number of para-hydroxylation sites is 1. The van der Waals surface area contributed by atoms with Crippen molar-refractivity contribution < 1.29 is 0 Å². The Hall–Kier alpha value is -5.73. The summed E-state index contributed by atoms with van der Waals surface area (Å²) >= 11 is 0. The van der Waals surface area contributed by atoms with E-state index < -0.39 is 0 Å². The van der Waals surface area contributed by atoms with Gasteiger partial charge in [0.25, 0.3) is 0 Å². The molecule has 2 heterocycles. The van der Waals surface area contributed by atoms with E-state index in [1.165, 1.54) is 71.2 Å². The molecule has 7 aromatic carbocycles. The summed E-state index contributed by atoms with van der Waals surface area (Å²) in [6.45, 7) is 0.